The standard InChI is InChI=1S/C15H10BrNO3S/c1-20-10-3-2-9(8-17)14(6-10)21-11-4-5-13(16)12(7-11)15(18)19/h2-7H,1H3,(H,18,19). The Kier molecular flexibility index (Phi) is 4.89. The van der Waals surface area contributed by atoms with Crippen LogP contribution in [-0.2, 0) is 0 Å². The van der Waals surface area contributed by atoms with Gasteiger partial charge in [0.1, 0.15) is 11.8 Å². The van der Waals surface area contributed by atoms with Crippen LogP contribution in [-0.4, -0.2) is 18.2 Å². The number of carboxylic acids is 1. The maximum atomic E-state index is 11.1. The van der Waals surface area contributed by atoms with Crippen molar-refractivity contribution in [1.29, 1.82) is 5.26 Å². The smallest absolute Gasteiger partial charge is 0.336 e. The Morgan fingerprint density at radius 1 is 1.33 bits per heavy atom. The second-order valence-corrected chi connectivity index (χ2v) is 5.99. The Balaban J connectivity index is 2.40. The highest BCUT2D eigenvalue weighted by atomic mass is 79.9. The minimum atomic E-state index is -1.00. The molecule has 0 unspecified atom stereocenters. The molecule has 0 aromatic heterocycles. The molecule has 0 saturated carbocycles. The zero-order valence-electron chi connectivity index (χ0n) is 11.0. The van der Waals surface area contributed by atoms with Crippen molar-refractivity contribution in [2.24, 2.45) is 0 Å². The molecule has 21 heavy (non-hydrogen) atoms. The van der Waals surface area contributed by atoms with E-state index in [2.05, 4.69) is 22.0 Å². The van der Waals surface area contributed by atoms with Gasteiger partial charge in [0.25, 0.3) is 0 Å². The topological polar surface area (TPSA) is 70.3 Å². The minimum Gasteiger partial charge on any atom is -0.497 e. The van der Waals surface area contributed by atoms with Gasteiger partial charge in [0.05, 0.1) is 18.2 Å². The van der Waals surface area contributed by atoms with E-state index in [1.54, 1.807) is 43.5 Å². The molecule has 1 N–H and O–H groups in total. The van der Waals surface area contributed by atoms with Gasteiger partial charge in [0, 0.05) is 14.3 Å². The van der Waals surface area contributed by atoms with Gasteiger partial charge in [-0.25, -0.2) is 4.79 Å². The Morgan fingerprint density at radius 3 is 2.71 bits per heavy atom. The molecule has 0 amide bonds. The predicted octanol–water partition coefficient (Wildman–Crippen LogP) is 4.18. The first kappa shape index (κ1) is 15.4. The van der Waals surface area contributed by atoms with Crippen LogP contribution in [0.2, 0.25) is 0 Å². The van der Waals surface area contributed by atoms with Crippen LogP contribution >= 0.6 is 27.7 Å². The van der Waals surface area contributed by atoms with Crippen molar-refractivity contribution >= 4 is 33.7 Å². The van der Waals surface area contributed by atoms with Crippen LogP contribution in [0.4, 0.5) is 0 Å². The van der Waals surface area contributed by atoms with E-state index in [9.17, 15) is 4.79 Å². The van der Waals surface area contributed by atoms with E-state index in [-0.39, 0.29) is 5.56 Å². The average Bonchev–Trinajstić information content (AvgIpc) is 2.48. The van der Waals surface area contributed by atoms with Gasteiger partial charge < -0.3 is 9.84 Å². The molecule has 0 heterocycles. The maximum absolute atomic E-state index is 11.1. The highest BCUT2D eigenvalue weighted by Crippen LogP contribution is 2.34. The third-order valence-corrected chi connectivity index (χ3v) is 4.44. The number of carboxylic acid groups (broad SMARTS) is 1. The molecule has 0 saturated heterocycles. The highest BCUT2D eigenvalue weighted by molar-refractivity contribution is 9.10. The number of aromatic carboxylic acids is 1. The van der Waals surface area contributed by atoms with Gasteiger partial charge in [0.2, 0.25) is 0 Å². The van der Waals surface area contributed by atoms with Gasteiger partial charge in [0.15, 0.2) is 0 Å². The van der Waals surface area contributed by atoms with E-state index < -0.39 is 5.97 Å². The van der Waals surface area contributed by atoms with Crippen molar-refractivity contribution in [2.75, 3.05) is 7.11 Å². The van der Waals surface area contributed by atoms with E-state index in [4.69, 9.17) is 15.1 Å². The van der Waals surface area contributed by atoms with Crippen LogP contribution in [0.3, 0.4) is 0 Å². The van der Waals surface area contributed by atoms with Crippen molar-refractivity contribution in [1.82, 2.24) is 0 Å². The summed E-state index contributed by atoms with van der Waals surface area (Å²) in [7, 11) is 1.55. The van der Waals surface area contributed by atoms with Gasteiger partial charge >= 0.3 is 5.97 Å². The third kappa shape index (κ3) is 3.57. The summed E-state index contributed by atoms with van der Waals surface area (Å²) >= 11 is 4.53. The summed E-state index contributed by atoms with van der Waals surface area (Å²) in [5, 5.41) is 18.3. The normalized spacial score (nSPS) is 9.95. The maximum Gasteiger partial charge on any atom is 0.336 e. The molecule has 0 radical (unpaired) electrons. The van der Waals surface area contributed by atoms with Crippen LogP contribution in [0.15, 0.2) is 50.7 Å². The summed E-state index contributed by atoms with van der Waals surface area (Å²) in [6.07, 6.45) is 0. The van der Waals surface area contributed by atoms with Crippen LogP contribution in [0.5, 0.6) is 5.75 Å². The molecule has 0 aliphatic rings. The highest BCUT2D eigenvalue weighted by Gasteiger charge is 2.11. The molecule has 0 aliphatic carbocycles. The zero-order valence-corrected chi connectivity index (χ0v) is 13.4. The lowest BCUT2D eigenvalue weighted by atomic mass is 10.2. The number of methoxy groups -OCH3 is 1. The molecule has 2 aromatic rings. The minimum absolute atomic E-state index is 0.182. The SMILES string of the molecule is COc1ccc(C#N)c(Sc2ccc(Br)c(C(=O)O)c2)c1. The number of carbonyl (C=O) groups is 1. The monoisotopic (exact) mass is 363 g/mol. The van der Waals surface area contributed by atoms with Crippen molar-refractivity contribution in [3.8, 4) is 11.8 Å². The van der Waals surface area contributed by atoms with E-state index in [1.165, 1.54) is 11.8 Å². The van der Waals surface area contributed by atoms with Gasteiger partial charge in [-0.3, -0.25) is 0 Å². The number of rotatable bonds is 4. The van der Waals surface area contributed by atoms with Gasteiger partial charge in [-0.15, -0.1) is 0 Å². The number of benzene rings is 2. The summed E-state index contributed by atoms with van der Waals surface area (Å²) in [4.78, 5) is 12.6. The lowest BCUT2D eigenvalue weighted by Gasteiger charge is -2.08. The lowest BCUT2D eigenvalue weighted by molar-refractivity contribution is 0.0695. The molecule has 106 valence electrons. The van der Waals surface area contributed by atoms with Crippen LogP contribution < -0.4 is 4.74 Å². The molecule has 2 rings (SSSR count). The Hall–Kier alpha value is -1.97. The zero-order chi connectivity index (χ0) is 15.4. The molecule has 0 spiro atoms. The first-order valence-electron chi connectivity index (χ1n) is 5.84. The summed E-state index contributed by atoms with van der Waals surface area (Å²) in [5.41, 5.74) is 0.696. The summed E-state index contributed by atoms with van der Waals surface area (Å²) < 4.78 is 5.67. The Labute approximate surface area is 134 Å². The van der Waals surface area contributed by atoms with Gasteiger partial charge in [-0.2, -0.15) is 5.26 Å². The molecule has 0 atom stereocenters. The Bertz CT molecular complexity index is 740. The molecular formula is C15H10BrNO3S. The second kappa shape index (κ2) is 6.66. The van der Waals surface area contributed by atoms with Crippen molar-refractivity contribution in [2.45, 2.75) is 9.79 Å². The first-order chi connectivity index (χ1) is 10.0. The van der Waals surface area contributed by atoms with Gasteiger partial charge in [-0.1, -0.05) is 11.8 Å². The number of hydrogen-bond donors (Lipinski definition) is 1. The van der Waals surface area contributed by atoms with Crippen LogP contribution in [0.1, 0.15) is 15.9 Å². The fourth-order valence-corrected chi connectivity index (χ4v) is 3.05. The number of ether oxygens (including phenoxy) is 1. The number of halogens is 1. The number of nitrogens with zero attached hydrogens (tertiary/aromatic N) is 1. The fourth-order valence-electron chi connectivity index (χ4n) is 1.67. The summed E-state index contributed by atoms with van der Waals surface area (Å²) in [6, 6.07) is 12.3. The molecule has 6 heteroatoms. The first-order valence-corrected chi connectivity index (χ1v) is 7.45. The average molecular weight is 364 g/mol. The molecule has 0 bridgehead atoms. The van der Waals surface area contributed by atoms with Crippen molar-refractivity contribution in [3.63, 3.8) is 0 Å². The fraction of sp³-hybridized carbons (Fsp3) is 0.0667. The van der Waals surface area contributed by atoms with Crippen LogP contribution in [0, 0.1) is 11.3 Å². The molecule has 4 nitrogen and oxygen atoms in total. The predicted molar refractivity (Wildman–Crippen MR) is 82.9 cm³/mol. The van der Waals surface area contributed by atoms with Crippen LogP contribution in [0.25, 0.3) is 0 Å². The van der Waals surface area contributed by atoms with E-state index in [0.29, 0.717) is 15.8 Å². The van der Waals surface area contributed by atoms with E-state index >= 15 is 0 Å². The molecule has 2 aromatic carbocycles. The second-order valence-electron chi connectivity index (χ2n) is 4.02. The quantitative estimate of drug-likeness (QED) is 0.881. The number of hydrogen-bond acceptors (Lipinski definition) is 4. The summed E-state index contributed by atoms with van der Waals surface area (Å²) in [6.45, 7) is 0. The molecule has 0 fully saturated rings. The van der Waals surface area contributed by atoms with Crippen molar-refractivity contribution < 1.29 is 14.6 Å². The largest absolute Gasteiger partial charge is 0.497 e. The molecule has 0 aliphatic heterocycles. The van der Waals surface area contributed by atoms with E-state index in [0.717, 1.165) is 9.79 Å². The third-order valence-electron chi connectivity index (χ3n) is 2.71. The van der Waals surface area contributed by atoms with Gasteiger partial charge in [-0.05, 0) is 52.3 Å². The molecular weight excluding hydrogens is 354 g/mol. The van der Waals surface area contributed by atoms with E-state index in [1.807, 2.05) is 0 Å². The summed E-state index contributed by atoms with van der Waals surface area (Å²) in [5.74, 6) is -0.359. The lowest BCUT2D eigenvalue weighted by Crippen LogP contribution is -1.97. The van der Waals surface area contributed by atoms with Crippen molar-refractivity contribution in [3.05, 3.63) is 52.0 Å². The Morgan fingerprint density at radius 2 is 2.10 bits per heavy atom. The number of nitriles is 1.